The Kier molecular flexibility index (Phi) is 8.07. The van der Waals surface area contributed by atoms with Gasteiger partial charge in [-0.25, -0.2) is 0 Å². The molecule has 1 N–H and O–H groups in total. The molecule has 0 fully saturated rings. The van der Waals surface area contributed by atoms with Crippen LogP contribution in [0.15, 0.2) is 0 Å². The second-order valence-corrected chi connectivity index (χ2v) is 3.84. The molecule has 12 heavy (non-hydrogen) atoms. The van der Waals surface area contributed by atoms with Gasteiger partial charge in [-0.1, -0.05) is 6.42 Å². The molecule has 1 atom stereocenters. The van der Waals surface area contributed by atoms with Crippen molar-refractivity contribution in [3.05, 3.63) is 0 Å². The first kappa shape index (κ1) is 12.3. The van der Waals surface area contributed by atoms with Gasteiger partial charge >= 0.3 is 0 Å². The summed E-state index contributed by atoms with van der Waals surface area (Å²) in [7, 11) is 2.05. The molecule has 0 amide bonds. The standard InChI is InChI=1S/C9H21NOS/c1-9(11)8-10(2)6-4-3-5-7-12/h9,11-12H,3-8H2,1-2H3. The minimum atomic E-state index is -0.208. The maximum absolute atomic E-state index is 9.07. The van der Waals surface area contributed by atoms with E-state index in [0.717, 1.165) is 18.8 Å². The average Bonchev–Trinajstić information content (AvgIpc) is 1.97. The van der Waals surface area contributed by atoms with Gasteiger partial charge in [-0.05, 0) is 39.1 Å². The lowest BCUT2D eigenvalue weighted by atomic mass is 10.2. The first-order chi connectivity index (χ1) is 5.66. The van der Waals surface area contributed by atoms with E-state index in [0.29, 0.717) is 0 Å². The van der Waals surface area contributed by atoms with Crippen LogP contribution in [0.5, 0.6) is 0 Å². The molecule has 0 aromatic rings. The van der Waals surface area contributed by atoms with E-state index >= 15 is 0 Å². The van der Waals surface area contributed by atoms with Crippen molar-refractivity contribution in [1.82, 2.24) is 4.90 Å². The monoisotopic (exact) mass is 191 g/mol. The fourth-order valence-electron chi connectivity index (χ4n) is 1.21. The minimum absolute atomic E-state index is 0.208. The van der Waals surface area contributed by atoms with E-state index in [9.17, 15) is 0 Å². The number of thiol groups is 1. The minimum Gasteiger partial charge on any atom is -0.392 e. The Labute approximate surface area is 81.4 Å². The normalized spacial score (nSPS) is 13.8. The van der Waals surface area contributed by atoms with Crippen molar-refractivity contribution < 1.29 is 5.11 Å². The first-order valence-corrected chi connectivity index (χ1v) is 5.27. The highest BCUT2D eigenvalue weighted by molar-refractivity contribution is 7.80. The highest BCUT2D eigenvalue weighted by Crippen LogP contribution is 1.99. The molecular formula is C9H21NOS. The second-order valence-electron chi connectivity index (χ2n) is 3.40. The van der Waals surface area contributed by atoms with Gasteiger partial charge in [-0.15, -0.1) is 0 Å². The zero-order valence-electron chi connectivity index (χ0n) is 8.16. The molecule has 0 aromatic heterocycles. The van der Waals surface area contributed by atoms with Gasteiger partial charge in [0, 0.05) is 6.54 Å². The third-order valence-corrected chi connectivity index (χ3v) is 2.09. The van der Waals surface area contributed by atoms with Crippen LogP contribution in [0.4, 0.5) is 0 Å². The van der Waals surface area contributed by atoms with E-state index < -0.39 is 0 Å². The summed E-state index contributed by atoms with van der Waals surface area (Å²) in [5.74, 6) is 0.986. The lowest BCUT2D eigenvalue weighted by Gasteiger charge is -2.17. The van der Waals surface area contributed by atoms with Crippen LogP contribution < -0.4 is 0 Å². The van der Waals surface area contributed by atoms with Crippen LogP contribution in [0.3, 0.4) is 0 Å². The smallest absolute Gasteiger partial charge is 0.0638 e. The van der Waals surface area contributed by atoms with Gasteiger partial charge in [0.15, 0.2) is 0 Å². The molecule has 0 spiro atoms. The van der Waals surface area contributed by atoms with E-state index in [1.807, 2.05) is 14.0 Å². The number of rotatable bonds is 7. The highest BCUT2D eigenvalue weighted by Gasteiger charge is 2.01. The molecule has 74 valence electrons. The van der Waals surface area contributed by atoms with E-state index in [1.165, 1.54) is 19.3 Å². The van der Waals surface area contributed by atoms with Crippen molar-refractivity contribution in [2.45, 2.75) is 32.3 Å². The Morgan fingerprint density at radius 1 is 1.33 bits per heavy atom. The summed E-state index contributed by atoms with van der Waals surface area (Å²) in [4.78, 5) is 2.17. The average molecular weight is 191 g/mol. The van der Waals surface area contributed by atoms with Crippen LogP contribution in [0.2, 0.25) is 0 Å². The molecule has 0 rings (SSSR count). The Morgan fingerprint density at radius 3 is 2.50 bits per heavy atom. The fraction of sp³-hybridized carbons (Fsp3) is 1.00. The number of aliphatic hydroxyl groups is 1. The van der Waals surface area contributed by atoms with Crippen LogP contribution in [0.25, 0.3) is 0 Å². The summed E-state index contributed by atoms with van der Waals surface area (Å²) >= 11 is 4.15. The summed E-state index contributed by atoms with van der Waals surface area (Å²) in [6.07, 6.45) is 3.45. The van der Waals surface area contributed by atoms with Crippen molar-refractivity contribution in [2.75, 3.05) is 25.9 Å². The Balaban J connectivity index is 3.14. The quantitative estimate of drug-likeness (QED) is 0.469. The lowest BCUT2D eigenvalue weighted by Crippen LogP contribution is -2.28. The highest BCUT2D eigenvalue weighted by atomic mass is 32.1. The number of hydrogen-bond acceptors (Lipinski definition) is 3. The van der Waals surface area contributed by atoms with Gasteiger partial charge < -0.3 is 10.0 Å². The molecule has 0 bridgehead atoms. The molecule has 0 saturated carbocycles. The van der Waals surface area contributed by atoms with E-state index in [2.05, 4.69) is 17.5 Å². The molecule has 0 aromatic carbocycles. The molecule has 0 heterocycles. The summed E-state index contributed by atoms with van der Waals surface area (Å²) in [5.41, 5.74) is 0. The van der Waals surface area contributed by atoms with Crippen molar-refractivity contribution in [3.63, 3.8) is 0 Å². The first-order valence-electron chi connectivity index (χ1n) is 4.64. The summed E-state index contributed by atoms with van der Waals surface area (Å²) in [6, 6.07) is 0. The predicted molar refractivity (Wildman–Crippen MR) is 56.9 cm³/mol. The van der Waals surface area contributed by atoms with E-state index in [4.69, 9.17) is 5.11 Å². The van der Waals surface area contributed by atoms with Gasteiger partial charge in [0.2, 0.25) is 0 Å². The largest absolute Gasteiger partial charge is 0.392 e. The third kappa shape index (κ3) is 8.37. The molecular weight excluding hydrogens is 170 g/mol. The van der Waals surface area contributed by atoms with Gasteiger partial charge in [-0.3, -0.25) is 0 Å². The maximum atomic E-state index is 9.07. The van der Waals surface area contributed by atoms with Crippen molar-refractivity contribution >= 4 is 12.6 Å². The fourth-order valence-corrected chi connectivity index (χ4v) is 1.44. The van der Waals surface area contributed by atoms with Crippen LogP contribution in [-0.4, -0.2) is 42.0 Å². The van der Waals surface area contributed by atoms with Gasteiger partial charge in [0.05, 0.1) is 6.10 Å². The summed E-state index contributed by atoms with van der Waals surface area (Å²) in [5, 5.41) is 9.07. The molecule has 0 radical (unpaired) electrons. The number of likely N-dealkylation sites (N-methyl/N-ethyl adjacent to an activating group) is 1. The van der Waals surface area contributed by atoms with Gasteiger partial charge in [0.25, 0.3) is 0 Å². The van der Waals surface area contributed by atoms with Crippen molar-refractivity contribution in [1.29, 1.82) is 0 Å². The lowest BCUT2D eigenvalue weighted by molar-refractivity contribution is 0.140. The van der Waals surface area contributed by atoms with Crippen LogP contribution in [0.1, 0.15) is 26.2 Å². The topological polar surface area (TPSA) is 23.5 Å². The molecule has 0 saturated heterocycles. The molecule has 0 aliphatic carbocycles. The SMILES string of the molecule is CC(O)CN(C)CCCCCS. The van der Waals surface area contributed by atoms with Crippen LogP contribution in [0, 0.1) is 0 Å². The van der Waals surface area contributed by atoms with E-state index in [1.54, 1.807) is 0 Å². The second kappa shape index (κ2) is 7.90. The Bertz CT molecular complexity index is 98.5. The Morgan fingerprint density at radius 2 is 2.00 bits per heavy atom. The van der Waals surface area contributed by atoms with Crippen LogP contribution >= 0.6 is 12.6 Å². The maximum Gasteiger partial charge on any atom is 0.0638 e. The van der Waals surface area contributed by atoms with Gasteiger partial charge in [-0.2, -0.15) is 12.6 Å². The molecule has 0 aliphatic heterocycles. The van der Waals surface area contributed by atoms with Crippen LogP contribution in [-0.2, 0) is 0 Å². The van der Waals surface area contributed by atoms with Gasteiger partial charge in [0.1, 0.15) is 0 Å². The predicted octanol–water partition coefficient (Wildman–Crippen LogP) is 1.40. The van der Waals surface area contributed by atoms with E-state index in [-0.39, 0.29) is 6.10 Å². The number of hydrogen-bond donors (Lipinski definition) is 2. The zero-order valence-corrected chi connectivity index (χ0v) is 9.06. The zero-order chi connectivity index (χ0) is 9.40. The summed E-state index contributed by atoms with van der Waals surface area (Å²) in [6.45, 7) is 3.68. The van der Waals surface area contributed by atoms with Crippen molar-refractivity contribution in [3.8, 4) is 0 Å². The number of aliphatic hydroxyl groups excluding tert-OH is 1. The van der Waals surface area contributed by atoms with Crippen molar-refractivity contribution in [2.24, 2.45) is 0 Å². The molecule has 2 nitrogen and oxygen atoms in total. The third-order valence-electron chi connectivity index (χ3n) is 1.77. The number of nitrogens with zero attached hydrogens (tertiary/aromatic N) is 1. The molecule has 1 unspecified atom stereocenters. The number of unbranched alkanes of at least 4 members (excludes halogenated alkanes) is 2. The summed E-state index contributed by atoms with van der Waals surface area (Å²) < 4.78 is 0. The molecule has 0 aliphatic rings. The molecule has 3 heteroatoms. The Hall–Kier alpha value is 0.270.